The van der Waals surface area contributed by atoms with Crippen LogP contribution in [0.5, 0.6) is 0 Å². The summed E-state index contributed by atoms with van der Waals surface area (Å²) in [5.74, 6) is 2.11. The first-order chi connectivity index (χ1) is 20.0. The standard InChI is InChI=1S/C34H61N3O2.CH2O2/c1-10-13-21-36(22-15-14-20-35(8)9)34(38)27-37(32(12-3)25-30(7)24-28(4)5)26-29(6)17-16-18-33-31(11-2)19-23-39-33;2-1-3/h11,16-18,24,29-30,32H,10,12-15,19-23,25-27H2,1-9H3;1H,(H,2,3)/b17-16+,31-11-,33-18+;. The molecule has 1 heterocycles. The summed E-state index contributed by atoms with van der Waals surface area (Å²) in [5, 5.41) is 6.89. The third-order valence-corrected chi connectivity index (χ3v) is 7.51. The molecule has 0 aromatic rings. The summed E-state index contributed by atoms with van der Waals surface area (Å²) in [4.78, 5) is 28.9. The maximum Gasteiger partial charge on any atom is 0.290 e. The maximum atomic E-state index is 13.7. The highest BCUT2D eigenvalue weighted by Gasteiger charge is 2.25. The van der Waals surface area contributed by atoms with E-state index >= 15 is 0 Å². The Balaban J connectivity index is 0.00000535. The smallest absolute Gasteiger partial charge is 0.290 e. The van der Waals surface area contributed by atoms with Gasteiger partial charge in [-0.2, -0.15) is 0 Å². The summed E-state index contributed by atoms with van der Waals surface area (Å²) in [6.45, 7) is 20.2. The lowest BCUT2D eigenvalue weighted by Crippen LogP contribution is -2.47. The van der Waals surface area contributed by atoms with E-state index in [1.165, 1.54) is 11.1 Å². The van der Waals surface area contributed by atoms with Crippen molar-refractivity contribution in [1.29, 1.82) is 0 Å². The molecule has 1 aliphatic rings. The van der Waals surface area contributed by atoms with Crippen LogP contribution in [-0.2, 0) is 14.3 Å². The normalized spacial score (nSPS) is 17.2. The molecule has 0 spiro atoms. The Labute approximate surface area is 258 Å². The van der Waals surface area contributed by atoms with Crippen molar-refractivity contribution in [3.05, 3.63) is 47.3 Å². The van der Waals surface area contributed by atoms with E-state index in [0.717, 1.165) is 83.5 Å². The number of carbonyl (C=O) groups excluding carboxylic acids is 1. The lowest BCUT2D eigenvalue weighted by molar-refractivity contribution is -0.133. The number of hydrogen-bond donors (Lipinski definition) is 1. The number of nitrogens with zero attached hydrogens (tertiary/aromatic N) is 3. The second-order valence-corrected chi connectivity index (χ2v) is 12.1. The second kappa shape index (κ2) is 24.1. The highest BCUT2D eigenvalue weighted by molar-refractivity contribution is 5.78. The topological polar surface area (TPSA) is 73.3 Å². The van der Waals surface area contributed by atoms with Crippen molar-refractivity contribution in [1.82, 2.24) is 14.7 Å². The summed E-state index contributed by atoms with van der Waals surface area (Å²) in [6.07, 6.45) is 18.5. The lowest BCUT2D eigenvalue weighted by atomic mass is 9.96. The molecule has 0 saturated carbocycles. The molecule has 42 heavy (non-hydrogen) atoms. The SMILES string of the molecule is C/C=C1/CCO/C1=C/C=C/C(C)CN(CC(=O)N(CCCC)CCCCN(C)C)C(CC)CC(C)C=C(C)C.O=CO. The van der Waals surface area contributed by atoms with Gasteiger partial charge in [0.1, 0.15) is 5.76 Å². The molecule has 0 aromatic heterocycles. The van der Waals surface area contributed by atoms with Crippen molar-refractivity contribution >= 4 is 12.4 Å². The van der Waals surface area contributed by atoms with Crippen LogP contribution >= 0.6 is 0 Å². The van der Waals surface area contributed by atoms with Crippen molar-refractivity contribution < 1.29 is 19.4 Å². The van der Waals surface area contributed by atoms with Gasteiger partial charge in [0.05, 0.1) is 13.2 Å². The van der Waals surface area contributed by atoms with Gasteiger partial charge in [0, 0.05) is 32.1 Å². The van der Waals surface area contributed by atoms with E-state index in [2.05, 4.69) is 108 Å². The van der Waals surface area contributed by atoms with Crippen molar-refractivity contribution in [2.45, 2.75) is 99.5 Å². The molecule has 7 heteroatoms. The fourth-order valence-electron chi connectivity index (χ4n) is 5.39. The Morgan fingerprint density at radius 3 is 2.26 bits per heavy atom. The maximum absolute atomic E-state index is 13.7. The molecule has 242 valence electrons. The van der Waals surface area contributed by atoms with E-state index in [1.807, 2.05) is 0 Å². The molecule has 0 aliphatic carbocycles. The van der Waals surface area contributed by atoms with Crippen molar-refractivity contribution in [2.24, 2.45) is 11.8 Å². The van der Waals surface area contributed by atoms with Gasteiger partial charge in [-0.05, 0) is 97.0 Å². The first-order valence-corrected chi connectivity index (χ1v) is 16.1. The van der Waals surface area contributed by atoms with Gasteiger partial charge in [-0.3, -0.25) is 14.5 Å². The minimum Gasteiger partial charge on any atom is -0.493 e. The van der Waals surface area contributed by atoms with Crippen LogP contribution in [0.4, 0.5) is 0 Å². The summed E-state index contributed by atoms with van der Waals surface area (Å²) in [6, 6.07) is 0.378. The highest BCUT2D eigenvalue weighted by Crippen LogP contribution is 2.24. The number of ether oxygens (including phenoxy) is 1. The van der Waals surface area contributed by atoms with E-state index in [0.29, 0.717) is 24.4 Å². The first-order valence-electron chi connectivity index (χ1n) is 16.1. The minimum atomic E-state index is -0.250. The van der Waals surface area contributed by atoms with E-state index in [9.17, 15) is 4.79 Å². The summed E-state index contributed by atoms with van der Waals surface area (Å²) in [7, 11) is 4.23. The number of amides is 1. The van der Waals surface area contributed by atoms with E-state index in [1.54, 1.807) is 0 Å². The van der Waals surface area contributed by atoms with Crippen LogP contribution in [0, 0.1) is 11.8 Å². The van der Waals surface area contributed by atoms with Gasteiger partial charge in [-0.25, -0.2) is 0 Å². The van der Waals surface area contributed by atoms with Crippen LogP contribution in [0.15, 0.2) is 47.3 Å². The molecule has 0 radical (unpaired) electrons. The van der Waals surface area contributed by atoms with Crippen LogP contribution in [0.3, 0.4) is 0 Å². The molecule has 1 rings (SSSR count). The Kier molecular flexibility index (Phi) is 22.7. The van der Waals surface area contributed by atoms with E-state index in [4.69, 9.17) is 14.6 Å². The molecule has 1 saturated heterocycles. The molecule has 3 unspecified atom stereocenters. The predicted molar refractivity (Wildman–Crippen MR) is 178 cm³/mol. The second-order valence-electron chi connectivity index (χ2n) is 12.1. The van der Waals surface area contributed by atoms with Crippen LogP contribution in [0.25, 0.3) is 0 Å². The molecular formula is C35H63N3O4. The fraction of sp³-hybridized carbons (Fsp3) is 0.714. The summed E-state index contributed by atoms with van der Waals surface area (Å²) in [5.41, 5.74) is 2.65. The molecule has 1 amide bonds. The average Bonchev–Trinajstić information content (AvgIpc) is 3.38. The molecule has 0 aromatic carbocycles. The summed E-state index contributed by atoms with van der Waals surface area (Å²) < 4.78 is 5.79. The summed E-state index contributed by atoms with van der Waals surface area (Å²) >= 11 is 0. The monoisotopic (exact) mass is 589 g/mol. The van der Waals surface area contributed by atoms with Crippen LogP contribution in [0.2, 0.25) is 0 Å². The van der Waals surface area contributed by atoms with Crippen molar-refractivity contribution in [3.8, 4) is 0 Å². The van der Waals surface area contributed by atoms with E-state index in [-0.39, 0.29) is 12.4 Å². The fourth-order valence-corrected chi connectivity index (χ4v) is 5.39. The Morgan fingerprint density at radius 1 is 1.05 bits per heavy atom. The van der Waals surface area contributed by atoms with Gasteiger partial charge in [0.25, 0.3) is 6.47 Å². The lowest BCUT2D eigenvalue weighted by Gasteiger charge is -2.35. The Morgan fingerprint density at radius 2 is 1.69 bits per heavy atom. The molecule has 1 fully saturated rings. The quantitative estimate of drug-likeness (QED) is 0.0978. The molecule has 1 aliphatic heterocycles. The molecule has 1 N–H and O–H groups in total. The van der Waals surface area contributed by atoms with Gasteiger partial charge in [-0.15, -0.1) is 0 Å². The van der Waals surface area contributed by atoms with Gasteiger partial charge in [0.15, 0.2) is 0 Å². The average molecular weight is 590 g/mol. The predicted octanol–water partition coefficient (Wildman–Crippen LogP) is 7.17. The van der Waals surface area contributed by atoms with Gasteiger partial charge < -0.3 is 19.6 Å². The third-order valence-electron chi connectivity index (χ3n) is 7.51. The zero-order valence-electron chi connectivity index (χ0n) is 28.4. The van der Waals surface area contributed by atoms with Crippen molar-refractivity contribution in [2.75, 3.05) is 53.4 Å². The molecule has 3 atom stereocenters. The number of carboxylic acid groups (broad SMARTS) is 1. The molecule has 7 nitrogen and oxygen atoms in total. The highest BCUT2D eigenvalue weighted by atomic mass is 16.5. The van der Waals surface area contributed by atoms with Crippen molar-refractivity contribution in [3.63, 3.8) is 0 Å². The Hall–Kier alpha value is -2.38. The number of allylic oxidation sites excluding steroid dienone is 6. The zero-order valence-corrected chi connectivity index (χ0v) is 28.4. The van der Waals surface area contributed by atoms with E-state index < -0.39 is 0 Å². The minimum absolute atomic E-state index is 0.250. The van der Waals surface area contributed by atoms with Gasteiger partial charge in [0.2, 0.25) is 5.91 Å². The third kappa shape index (κ3) is 18.2. The Bertz CT molecular complexity index is 858. The number of carbonyl (C=O) groups is 2. The zero-order chi connectivity index (χ0) is 31.9. The van der Waals surface area contributed by atoms with Crippen LogP contribution in [0.1, 0.15) is 93.4 Å². The largest absolute Gasteiger partial charge is 0.493 e. The first kappa shape index (κ1) is 39.6. The number of rotatable bonds is 19. The number of unbranched alkanes of at least 4 members (excludes halogenated alkanes) is 2. The van der Waals surface area contributed by atoms with Crippen LogP contribution in [-0.4, -0.2) is 91.7 Å². The van der Waals surface area contributed by atoms with Gasteiger partial charge >= 0.3 is 0 Å². The van der Waals surface area contributed by atoms with Gasteiger partial charge in [-0.1, -0.05) is 64.0 Å². The molecule has 0 bridgehead atoms. The number of hydrogen-bond acceptors (Lipinski definition) is 5. The van der Waals surface area contributed by atoms with Crippen LogP contribution < -0.4 is 0 Å². The molecular weight excluding hydrogens is 526 g/mol.